The third-order valence-electron chi connectivity index (χ3n) is 5.47. The molecule has 1 aromatic heterocycles. The predicted octanol–water partition coefficient (Wildman–Crippen LogP) is 2.36. The number of hydrogen-bond acceptors (Lipinski definition) is 3. The van der Waals surface area contributed by atoms with Crippen molar-refractivity contribution < 1.29 is 9.59 Å². The number of carbonyl (C=O) groups is 2. The van der Waals surface area contributed by atoms with Gasteiger partial charge in [0.25, 0.3) is 5.91 Å². The van der Waals surface area contributed by atoms with E-state index in [0.717, 1.165) is 12.8 Å². The number of likely N-dealkylation sites (tertiary alicyclic amines) is 1. The highest BCUT2D eigenvalue weighted by Crippen LogP contribution is 2.43. The standard InChI is InChI=1S/C20H21N3O2/c24-18-14-16(15-6-2-1-3-7-15)20(22-18)9-12-23(13-10-20)19(25)17-8-4-5-11-21-17/h1-8,11,16H,9-10,12-14H2,(H,22,24). The number of rotatable bonds is 2. The molecule has 1 spiro atoms. The summed E-state index contributed by atoms with van der Waals surface area (Å²) in [6.07, 6.45) is 3.72. The zero-order valence-corrected chi connectivity index (χ0v) is 14.0. The molecule has 2 amide bonds. The van der Waals surface area contributed by atoms with Crippen LogP contribution in [0.25, 0.3) is 0 Å². The van der Waals surface area contributed by atoms with Crippen molar-refractivity contribution in [1.29, 1.82) is 0 Å². The number of aromatic nitrogens is 1. The number of pyridine rings is 1. The van der Waals surface area contributed by atoms with Crippen LogP contribution in [0.4, 0.5) is 0 Å². The number of piperidine rings is 1. The second-order valence-corrected chi connectivity index (χ2v) is 6.88. The molecule has 5 nitrogen and oxygen atoms in total. The van der Waals surface area contributed by atoms with Gasteiger partial charge >= 0.3 is 0 Å². The maximum absolute atomic E-state index is 12.6. The van der Waals surface area contributed by atoms with E-state index in [2.05, 4.69) is 22.4 Å². The fourth-order valence-electron chi connectivity index (χ4n) is 4.15. The lowest BCUT2D eigenvalue weighted by Gasteiger charge is -2.42. The van der Waals surface area contributed by atoms with E-state index in [4.69, 9.17) is 0 Å². The molecule has 3 heterocycles. The first-order valence-electron chi connectivity index (χ1n) is 8.74. The van der Waals surface area contributed by atoms with E-state index in [0.29, 0.717) is 25.2 Å². The fraction of sp³-hybridized carbons (Fsp3) is 0.350. The smallest absolute Gasteiger partial charge is 0.272 e. The fourth-order valence-corrected chi connectivity index (χ4v) is 4.15. The van der Waals surface area contributed by atoms with E-state index in [1.54, 1.807) is 18.3 Å². The molecule has 1 unspecified atom stereocenters. The second kappa shape index (κ2) is 6.31. The molecule has 1 N–H and O–H groups in total. The first kappa shape index (κ1) is 15.8. The summed E-state index contributed by atoms with van der Waals surface area (Å²) in [7, 11) is 0. The second-order valence-electron chi connectivity index (χ2n) is 6.88. The van der Waals surface area contributed by atoms with Gasteiger partial charge in [-0.3, -0.25) is 14.6 Å². The summed E-state index contributed by atoms with van der Waals surface area (Å²) in [6, 6.07) is 15.6. The van der Waals surface area contributed by atoms with Crippen LogP contribution >= 0.6 is 0 Å². The van der Waals surface area contributed by atoms with Gasteiger partial charge in [0.15, 0.2) is 0 Å². The molecule has 2 aromatic rings. The van der Waals surface area contributed by atoms with Gasteiger partial charge in [-0.25, -0.2) is 0 Å². The molecule has 128 valence electrons. The third-order valence-corrected chi connectivity index (χ3v) is 5.47. The van der Waals surface area contributed by atoms with Crippen molar-refractivity contribution in [3.63, 3.8) is 0 Å². The molecule has 4 rings (SSSR count). The Morgan fingerprint density at radius 3 is 2.48 bits per heavy atom. The highest BCUT2D eigenvalue weighted by atomic mass is 16.2. The van der Waals surface area contributed by atoms with E-state index in [1.807, 2.05) is 29.2 Å². The van der Waals surface area contributed by atoms with Crippen molar-refractivity contribution in [2.24, 2.45) is 0 Å². The zero-order chi connectivity index (χ0) is 17.3. The summed E-state index contributed by atoms with van der Waals surface area (Å²) in [5.41, 5.74) is 1.44. The quantitative estimate of drug-likeness (QED) is 0.916. The van der Waals surface area contributed by atoms with E-state index in [9.17, 15) is 9.59 Å². The maximum atomic E-state index is 12.6. The van der Waals surface area contributed by atoms with Crippen molar-refractivity contribution in [2.75, 3.05) is 13.1 Å². The topological polar surface area (TPSA) is 62.3 Å². The molecule has 2 aliphatic rings. The Bertz CT molecular complexity index is 768. The minimum Gasteiger partial charge on any atom is -0.350 e. The highest BCUT2D eigenvalue weighted by molar-refractivity contribution is 5.92. The van der Waals surface area contributed by atoms with Crippen LogP contribution < -0.4 is 5.32 Å². The lowest BCUT2D eigenvalue weighted by molar-refractivity contribution is -0.120. The number of benzene rings is 1. The van der Waals surface area contributed by atoms with E-state index < -0.39 is 0 Å². The average molecular weight is 335 g/mol. The normalized spacial score (nSPS) is 22.0. The molecule has 0 saturated carbocycles. The lowest BCUT2D eigenvalue weighted by Crippen LogP contribution is -2.54. The number of nitrogens with zero attached hydrogens (tertiary/aromatic N) is 2. The average Bonchev–Trinajstić information content (AvgIpc) is 2.99. The molecular formula is C20H21N3O2. The van der Waals surface area contributed by atoms with Gasteiger partial charge < -0.3 is 10.2 Å². The summed E-state index contributed by atoms with van der Waals surface area (Å²) < 4.78 is 0. The molecule has 2 aliphatic heterocycles. The molecule has 1 aromatic carbocycles. The van der Waals surface area contributed by atoms with Crippen LogP contribution in [0.3, 0.4) is 0 Å². The van der Waals surface area contributed by atoms with Crippen molar-refractivity contribution in [3.05, 3.63) is 66.0 Å². The highest BCUT2D eigenvalue weighted by Gasteiger charge is 2.49. The number of hydrogen-bond donors (Lipinski definition) is 1. The summed E-state index contributed by atoms with van der Waals surface area (Å²) in [5.74, 6) is 0.252. The molecule has 5 heteroatoms. The molecule has 2 saturated heterocycles. The molecule has 0 bridgehead atoms. The van der Waals surface area contributed by atoms with Gasteiger partial charge in [0.05, 0.1) is 5.54 Å². The van der Waals surface area contributed by atoms with Gasteiger partial charge in [-0.15, -0.1) is 0 Å². The Morgan fingerprint density at radius 2 is 1.80 bits per heavy atom. The Labute approximate surface area is 147 Å². The van der Waals surface area contributed by atoms with Gasteiger partial charge in [-0.1, -0.05) is 36.4 Å². The van der Waals surface area contributed by atoms with E-state index in [1.165, 1.54) is 5.56 Å². The maximum Gasteiger partial charge on any atom is 0.272 e. The Hall–Kier alpha value is -2.69. The third kappa shape index (κ3) is 2.90. The van der Waals surface area contributed by atoms with Crippen LogP contribution in [-0.2, 0) is 4.79 Å². The molecule has 0 aliphatic carbocycles. The zero-order valence-electron chi connectivity index (χ0n) is 14.0. The summed E-state index contributed by atoms with van der Waals surface area (Å²) in [5, 5.41) is 3.22. The summed E-state index contributed by atoms with van der Waals surface area (Å²) in [4.78, 5) is 30.7. The van der Waals surface area contributed by atoms with Crippen LogP contribution in [-0.4, -0.2) is 40.3 Å². The summed E-state index contributed by atoms with van der Waals surface area (Å²) >= 11 is 0. The van der Waals surface area contributed by atoms with Crippen LogP contribution in [0, 0.1) is 0 Å². The first-order chi connectivity index (χ1) is 12.2. The number of carbonyl (C=O) groups excluding carboxylic acids is 2. The Morgan fingerprint density at radius 1 is 1.08 bits per heavy atom. The van der Waals surface area contributed by atoms with Crippen molar-refractivity contribution in [3.8, 4) is 0 Å². The van der Waals surface area contributed by atoms with Gasteiger partial charge in [0.2, 0.25) is 5.91 Å². The van der Waals surface area contributed by atoms with Crippen LogP contribution in [0.2, 0.25) is 0 Å². The lowest BCUT2D eigenvalue weighted by atomic mass is 9.74. The Balaban J connectivity index is 1.51. The van der Waals surface area contributed by atoms with Crippen molar-refractivity contribution in [1.82, 2.24) is 15.2 Å². The molecule has 1 atom stereocenters. The Kier molecular flexibility index (Phi) is 3.99. The molecule has 0 radical (unpaired) electrons. The van der Waals surface area contributed by atoms with Gasteiger partial charge in [-0.2, -0.15) is 0 Å². The van der Waals surface area contributed by atoms with E-state index in [-0.39, 0.29) is 23.3 Å². The number of nitrogens with one attached hydrogen (secondary N) is 1. The summed E-state index contributed by atoms with van der Waals surface area (Å²) in [6.45, 7) is 1.28. The molecular weight excluding hydrogens is 314 g/mol. The molecule has 25 heavy (non-hydrogen) atoms. The SMILES string of the molecule is O=C1CC(c2ccccc2)C2(CCN(C(=O)c3ccccn3)CC2)N1. The van der Waals surface area contributed by atoms with Crippen LogP contribution in [0.5, 0.6) is 0 Å². The first-order valence-corrected chi connectivity index (χ1v) is 8.74. The minimum absolute atomic E-state index is 0.0314. The molecule has 2 fully saturated rings. The van der Waals surface area contributed by atoms with Gasteiger partial charge in [0.1, 0.15) is 5.69 Å². The predicted molar refractivity (Wildman–Crippen MR) is 94.0 cm³/mol. The van der Waals surface area contributed by atoms with Gasteiger partial charge in [-0.05, 0) is 30.5 Å². The monoisotopic (exact) mass is 335 g/mol. The largest absolute Gasteiger partial charge is 0.350 e. The van der Waals surface area contributed by atoms with Crippen molar-refractivity contribution in [2.45, 2.75) is 30.7 Å². The van der Waals surface area contributed by atoms with E-state index >= 15 is 0 Å². The minimum atomic E-state index is -0.237. The van der Waals surface area contributed by atoms with Gasteiger partial charge in [0, 0.05) is 31.6 Å². The van der Waals surface area contributed by atoms with Crippen LogP contribution in [0.15, 0.2) is 54.7 Å². The van der Waals surface area contributed by atoms with Crippen molar-refractivity contribution >= 4 is 11.8 Å². The van der Waals surface area contributed by atoms with Crippen LogP contribution in [0.1, 0.15) is 41.2 Å². The number of amides is 2.